The molecule has 1 N–H and O–H groups in total. The number of hydrogen-bond donors (Lipinski definition) is 1. The Bertz CT molecular complexity index is 277. The molecule has 0 spiro atoms. The minimum Gasteiger partial charge on any atom is -0.316 e. The van der Waals surface area contributed by atoms with E-state index < -0.39 is 9.84 Å². The van der Waals surface area contributed by atoms with Crippen LogP contribution in [0.2, 0.25) is 0 Å². The van der Waals surface area contributed by atoms with Gasteiger partial charge in [-0.3, -0.25) is 0 Å². The molecule has 3 nitrogen and oxygen atoms in total. The summed E-state index contributed by atoms with van der Waals surface area (Å²) in [5.74, 6) is 0. The lowest BCUT2D eigenvalue weighted by atomic mass is 9.88. The van der Waals surface area contributed by atoms with E-state index >= 15 is 0 Å². The van der Waals surface area contributed by atoms with E-state index in [1.54, 1.807) is 6.92 Å². The van der Waals surface area contributed by atoms with Crippen molar-refractivity contribution in [3.63, 3.8) is 0 Å². The molecule has 0 aliphatic carbocycles. The topological polar surface area (TPSA) is 46.2 Å². The van der Waals surface area contributed by atoms with Gasteiger partial charge < -0.3 is 5.32 Å². The average molecular weight is 235 g/mol. The van der Waals surface area contributed by atoms with Gasteiger partial charge in [0.25, 0.3) is 0 Å². The minimum atomic E-state index is -2.94. The molecule has 2 atom stereocenters. The molecule has 15 heavy (non-hydrogen) atoms. The Morgan fingerprint density at radius 3 is 2.00 bits per heavy atom. The van der Waals surface area contributed by atoms with Crippen LogP contribution in [0.15, 0.2) is 0 Å². The Labute approximate surface area is 94.6 Å². The maximum atomic E-state index is 11.4. The van der Waals surface area contributed by atoms with Gasteiger partial charge in [-0.1, -0.05) is 20.8 Å². The molecule has 0 aromatic rings. The molecule has 2 unspecified atom stereocenters. The Morgan fingerprint density at radius 2 is 1.73 bits per heavy atom. The summed E-state index contributed by atoms with van der Waals surface area (Å²) in [4.78, 5) is 0. The summed E-state index contributed by atoms with van der Waals surface area (Å²) in [6, 6.07) is 0.0548. The van der Waals surface area contributed by atoms with Gasteiger partial charge in [-0.15, -0.1) is 0 Å². The van der Waals surface area contributed by atoms with E-state index in [1.807, 2.05) is 7.05 Å². The van der Waals surface area contributed by atoms with Crippen molar-refractivity contribution >= 4 is 9.84 Å². The molecule has 0 rings (SSSR count). The van der Waals surface area contributed by atoms with Gasteiger partial charge >= 0.3 is 0 Å². The van der Waals surface area contributed by atoms with E-state index in [9.17, 15) is 8.42 Å². The summed E-state index contributed by atoms with van der Waals surface area (Å²) in [6.45, 7) is 8.29. The van der Waals surface area contributed by atoms with Crippen LogP contribution < -0.4 is 5.32 Å². The van der Waals surface area contributed by atoms with Crippen LogP contribution in [-0.4, -0.2) is 33.0 Å². The fraction of sp³-hybridized carbons (Fsp3) is 1.00. The zero-order valence-electron chi connectivity index (χ0n) is 10.8. The molecule has 0 bridgehead atoms. The van der Waals surface area contributed by atoms with Gasteiger partial charge in [0.05, 0.1) is 5.25 Å². The Kier molecular flexibility index (Phi) is 5.27. The third kappa shape index (κ3) is 6.15. The summed E-state index contributed by atoms with van der Waals surface area (Å²) in [5.41, 5.74) is 0.256. The summed E-state index contributed by atoms with van der Waals surface area (Å²) in [6.07, 6.45) is 3.23. The summed E-state index contributed by atoms with van der Waals surface area (Å²) < 4.78 is 22.8. The smallest absolute Gasteiger partial charge is 0.151 e. The van der Waals surface area contributed by atoms with Crippen molar-refractivity contribution in [1.82, 2.24) is 5.32 Å². The molecule has 0 saturated carbocycles. The van der Waals surface area contributed by atoms with E-state index in [4.69, 9.17) is 0 Å². The van der Waals surface area contributed by atoms with Crippen LogP contribution in [0.3, 0.4) is 0 Å². The van der Waals surface area contributed by atoms with Crippen molar-refractivity contribution in [1.29, 1.82) is 0 Å². The lowest BCUT2D eigenvalue weighted by Crippen LogP contribution is -2.40. The largest absolute Gasteiger partial charge is 0.316 e. The predicted molar refractivity (Wildman–Crippen MR) is 65.8 cm³/mol. The summed E-state index contributed by atoms with van der Waals surface area (Å²) in [7, 11) is -1.12. The normalized spacial score (nSPS) is 17.5. The van der Waals surface area contributed by atoms with Gasteiger partial charge in [-0.05, 0) is 32.2 Å². The second kappa shape index (κ2) is 5.30. The lowest BCUT2D eigenvalue weighted by Gasteiger charge is -2.26. The second-order valence-corrected chi connectivity index (χ2v) is 7.93. The van der Waals surface area contributed by atoms with Crippen molar-refractivity contribution < 1.29 is 8.42 Å². The third-order valence-electron chi connectivity index (χ3n) is 2.82. The van der Waals surface area contributed by atoms with Crippen LogP contribution >= 0.6 is 0 Å². The summed E-state index contributed by atoms with van der Waals surface area (Å²) >= 11 is 0. The van der Waals surface area contributed by atoms with Crippen molar-refractivity contribution in [3.05, 3.63) is 0 Å². The molecular formula is C11H25NO2S. The first-order valence-corrected chi connectivity index (χ1v) is 7.39. The Balaban J connectivity index is 4.39. The highest BCUT2D eigenvalue weighted by molar-refractivity contribution is 7.91. The first-order chi connectivity index (χ1) is 6.58. The van der Waals surface area contributed by atoms with Crippen LogP contribution in [-0.2, 0) is 9.84 Å². The Hall–Kier alpha value is -0.0900. The van der Waals surface area contributed by atoms with Crippen molar-refractivity contribution in [2.24, 2.45) is 5.41 Å². The second-order valence-electron chi connectivity index (χ2n) is 5.53. The highest BCUT2D eigenvalue weighted by atomic mass is 32.2. The monoisotopic (exact) mass is 235 g/mol. The quantitative estimate of drug-likeness (QED) is 0.791. The number of rotatable bonds is 5. The van der Waals surface area contributed by atoms with Gasteiger partial charge in [0, 0.05) is 12.3 Å². The first kappa shape index (κ1) is 14.9. The number of nitrogens with one attached hydrogen (secondary N) is 1. The maximum absolute atomic E-state index is 11.4. The zero-order valence-corrected chi connectivity index (χ0v) is 11.6. The highest BCUT2D eigenvalue weighted by Gasteiger charge is 2.25. The van der Waals surface area contributed by atoms with E-state index in [1.165, 1.54) is 6.26 Å². The average Bonchev–Trinajstić information content (AvgIpc) is 2.01. The first-order valence-electron chi connectivity index (χ1n) is 5.44. The predicted octanol–water partition coefficient (Wildman–Crippen LogP) is 1.83. The van der Waals surface area contributed by atoms with E-state index in [2.05, 4.69) is 26.1 Å². The molecule has 0 saturated heterocycles. The van der Waals surface area contributed by atoms with Crippen molar-refractivity contribution in [3.8, 4) is 0 Å². The fourth-order valence-electron chi connectivity index (χ4n) is 1.50. The Morgan fingerprint density at radius 1 is 1.27 bits per heavy atom. The minimum absolute atomic E-state index is 0.0548. The molecule has 0 amide bonds. The van der Waals surface area contributed by atoms with Crippen LogP contribution in [0.1, 0.15) is 40.5 Å². The molecule has 0 aliphatic heterocycles. The molecule has 0 aromatic carbocycles. The summed E-state index contributed by atoms with van der Waals surface area (Å²) in [5, 5.41) is 2.79. The molecule has 4 heteroatoms. The van der Waals surface area contributed by atoms with Crippen LogP contribution in [0.5, 0.6) is 0 Å². The van der Waals surface area contributed by atoms with Crippen LogP contribution in [0.25, 0.3) is 0 Å². The zero-order chi connectivity index (χ0) is 12.3. The van der Waals surface area contributed by atoms with E-state index in [0.29, 0.717) is 0 Å². The molecule has 0 aliphatic rings. The van der Waals surface area contributed by atoms with Crippen LogP contribution in [0, 0.1) is 5.41 Å². The van der Waals surface area contributed by atoms with Gasteiger partial charge in [-0.2, -0.15) is 0 Å². The van der Waals surface area contributed by atoms with Gasteiger partial charge in [-0.25, -0.2) is 8.42 Å². The van der Waals surface area contributed by atoms with Gasteiger partial charge in [0.1, 0.15) is 0 Å². The third-order valence-corrected chi connectivity index (χ3v) is 4.50. The van der Waals surface area contributed by atoms with E-state index in [0.717, 1.165) is 12.8 Å². The molecule has 0 heterocycles. The van der Waals surface area contributed by atoms with Gasteiger partial charge in [0.15, 0.2) is 9.84 Å². The van der Waals surface area contributed by atoms with Gasteiger partial charge in [0.2, 0.25) is 0 Å². The van der Waals surface area contributed by atoms with Crippen molar-refractivity contribution in [2.45, 2.75) is 51.8 Å². The highest BCUT2D eigenvalue weighted by Crippen LogP contribution is 2.23. The maximum Gasteiger partial charge on any atom is 0.151 e. The van der Waals surface area contributed by atoms with Crippen molar-refractivity contribution in [2.75, 3.05) is 13.3 Å². The molecule has 0 aromatic heterocycles. The SMILES string of the molecule is CNC(CCC(C)(C)C)C(C)S(C)(=O)=O. The molecular weight excluding hydrogens is 210 g/mol. The fourth-order valence-corrected chi connectivity index (χ4v) is 2.37. The number of hydrogen-bond acceptors (Lipinski definition) is 3. The standard InChI is InChI=1S/C11H25NO2S/c1-9(15(6,13)14)10(12-5)7-8-11(2,3)4/h9-10,12H,7-8H2,1-6H3. The molecule has 92 valence electrons. The number of sulfone groups is 1. The van der Waals surface area contributed by atoms with Crippen LogP contribution in [0.4, 0.5) is 0 Å². The molecule has 0 radical (unpaired) electrons. The lowest BCUT2D eigenvalue weighted by molar-refractivity contribution is 0.332. The molecule has 0 fully saturated rings. The van der Waals surface area contributed by atoms with E-state index in [-0.39, 0.29) is 16.7 Å².